The number of ether oxygens (including phenoxy) is 1. The minimum atomic E-state index is 0.0243. The van der Waals surface area contributed by atoms with Crippen LogP contribution in [0.2, 0.25) is 0 Å². The van der Waals surface area contributed by atoms with Crippen molar-refractivity contribution in [1.82, 2.24) is 14.9 Å². The number of benzene rings is 1. The maximum absolute atomic E-state index is 13.0. The summed E-state index contributed by atoms with van der Waals surface area (Å²) >= 11 is 0. The number of aromatic nitrogens is 2. The third-order valence-corrected chi connectivity index (χ3v) is 5.94. The number of carbonyl (C=O) groups is 1. The summed E-state index contributed by atoms with van der Waals surface area (Å²) in [4.78, 5) is 23.2. The summed E-state index contributed by atoms with van der Waals surface area (Å²) in [7, 11) is 0. The van der Waals surface area contributed by atoms with Gasteiger partial charge in [-0.3, -0.25) is 0 Å². The summed E-state index contributed by atoms with van der Waals surface area (Å²) in [5, 5.41) is 3.11. The van der Waals surface area contributed by atoms with E-state index in [2.05, 4.69) is 20.2 Å². The fourth-order valence-corrected chi connectivity index (χ4v) is 4.52. The highest BCUT2D eigenvalue weighted by Crippen LogP contribution is 2.35. The van der Waals surface area contributed by atoms with Crippen LogP contribution in [0.15, 0.2) is 36.7 Å². The molecule has 1 saturated heterocycles. The van der Waals surface area contributed by atoms with Crippen LogP contribution in [0.3, 0.4) is 0 Å². The Bertz CT molecular complexity index is 805. The number of carbonyl (C=O) groups excluding carboxylic acids is 1. The summed E-state index contributed by atoms with van der Waals surface area (Å²) in [6, 6.07) is 8.10. The van der Waals surface area contributed by atoms with E-state index >= 15 is 0 Å². The predicted octanol–water partition coefficient (Wildman–Crippen LogP) is 5.15. The zero-order chi connectivity index (χ0) is 19.3. The lowest BCUT2D eigenvalue weighted by Crippen LogP contribution is -2.43. The molecule has 28 heavy (non-hydrogen) atoms. The van der Waals surface area contributed by atoms with Gasteiger partial charge in [0.15, 0.2) is 0 Å². The van der Waals surface area contributed by atoms with Gasteiger partial charge in [0.2, 0.25) is 0 Å². The Morgan fingerprint density at radius 3 is 2.64 bits per heavy atom. The van der Waals surface area contributed by atoms with Gasteiger partial charge in [0.05, 0.1) is 0 Å². The van der Waals surface area contributed by atoms with Crippen molar-refractivity contribution >= 4 is 11.7 Å². The van der Waals surface area contributed by atoms with Gasteiger partial charge in [-0.2, -0.15) is 0 Å². The standard InChI is InChI=1S/C22H28N4O2/c1-16-15-18(28-21-23-12-6-13-24-21)10-11-19(16)25-22(27)26-14-5-9-20(26)17-7-3-2-4-8-17/h6,10-13,15,17,20H,2-5,7-9,14H2,1H3,(H,25,27). The topological polar surface area (TPSA) is 67.4 Å². The van der Waals surface area contributed by atoms with Gasteiger partial charge in [0.25, 0.3) is 0 Å². The van der Waals surface area contributed by atoms with Gasteiger partial charge >= 0.3 is 12.0 Å². The second-order valence-corrected chi connectivity index (χ2v) is 7.84. The molecule has 6 heteroatoms. The predicted molar refractivity (Wildman–Crippen MR) is 109 cm³/mol. The third-order valence-electron chi connectivity index (χ3n) is 5.94. The van der Waals surface area contributed by atoms with Crippen LogP contribution in [0.25, 0.3) is 0 Å². The highest BCUT2D eigenvalue weighted by Gasteiger charge is 2.35. The molecule has 0 bridgehead atoms. The molecule has 2 aromatic rings. The van der Waals surface area contributed by atoms with Crippen molar-refractivity contribution in [3.63, 3.8) is 0 Å². The SMILES string of the molecule is Cc1cc(Oc2ncccn2)ccc1NC(=O)N1CCCC1C1CCCCC1. The number of likely N-dealkylation sites (tertiary alicyclic amines) is 1. The minimum Gasteiger partial charge on any atom is -0.424 e. The van der Waals surface area contributed by atoms with E-state index in [1.165, 1.54) is 32.1 Å². The Morgan fingerprint density at radius 1 is 1.11 bits per heavy atom. The van der Waals surface area contributed by atoms with E-state index in [-0.39, 0.29) is 6.03 Å². The monoisotopic (exact) mass is 380 g/mol. The van der Waals surface area contributed by atoms with Crippen molar-refractivity contribution in [3.8, 4) is 11.8 Å². The first kappa shape index (κ1) is 18.7. The van der Waals surface area contributed by atoms with Crippen LogP contribution < -0.4 is 10.1 Å². The highest BCUT2D eigenvalue weighted by molar-refractivity contribution is 5.90. The molecule has 2 fully saturated rings. The van der Waals surface area contributed by atoms with Crippen LogP contribution in [-0.4, -0.2) is 33.5 Å². The molecule has 1 aromatic carbocycles. The van der Waals surface area contributed by atoms with E-state index in [4.69, 9.17) is 4.74 Å². The van der Waals surface area contributed by atoms with Crippen LogP contribution in [0, 0.1) is 12.8 Å². The van der Waals surface area contributed by atoms with Crippen molar-refractivity contribution < 1.29 is 9.53 Å². The quantitative estimate of drug-likeness (QED) is 0.796. The maximum Gasteiger partial charge on any atom is 0.322 e. The molecule has 1 aliphatic carbocycles. The van der Waals surface area contributed by atoms with Gasteiger partial charge in [-0.05, 0) is 68.4 Å². The molecule has 1 aromatic heterocycles. The molecule has 6 nitrogen and oxygen atoms in total. The highest BCUT2D eigenvalue weighted by atomic mass is 16.5. The Balaban J connectivity index is 1.41. The Morgan fingerprint density at radius 2 is 1.89 bits per heavy atom. The molecule has 2 aliphatic rings. The molecule has 0 spiro atoms. The Hall–Kier alpha value is -2.63. The first-order valence-electron chi connectivity index (χ1n) is 10.3. The first-order chi connectivity index (χ1) is 13.7. The molecule has 0 radical (unpaired) electrons. The number of urea groups is 1. The molecule has 4 rings (SSSR count). The first-order valence-corrected chi connectivity index (χ1v) is 10.3. The zero-order valence-electron chi connectivity index (χ0n) is 16.4. The fourth-order valence-electron chi connectivity index (χ4n) is 4.52. The number of nitrogens with zero attached hydrogens (tertiary/aromatic N) is 3. The molecule has 2 amide bonds. The summed E-state index contributed by atoms with van der Waals surface area (Å²) in [6.07, 6.45) is 12.0. The molecule has 1 N–H and O–H groups in total. The largest absolute Gasteiger partial charge is 0.424 e. The number of rotatable bonds is 4. The van der Waals surface area contributed by atoms with Gasteiger partial charge in [-0.15, -0.1) is 0 Å². The smallest absolute Gasteiger partial charge is 0.322 e. The van der Waals surface area contributed by atoms with E-state index in [0.29, 0.717) is 23.7 Å². The van der Waals surface area contributed by atoms with Crippen LogP contribution >= 0.6 is 0 Å². The molecule has 1 unspecified atom stereocenters. The fraction of sp³-hybridized carbons (Fsp3) is 0.500. The molecular weight excluding hydrogens is 352 g/mol. The lowest BCUT2D eigenvalue weighted by atomic mass is 9.83. The van der Waals surface area contributed by atoms with Crippen LogP contribution in [0.1, 0.15) is 50.5 Å². The minimum absolute atomic E-state index is 0.0243. The molecule has 2 heterocycles. The van der Waals surface area contributed by atoms with E-state index in [1.54, 1.807) is 18.5 Å². The normalized spacial score (nSPS) is 20.2. The molecule has 148 valence electrons. The van der Waals surface area contributed by atoms with E-state index in [1.807, 2.05) is 25.1 Å². The number of anilines is 1. The van der Waals surface area contributed by atoms with Gasteiger partial charge < -0.3 is 15.0 Å². The lowest BCUT2D eigenvalue weighted by molar-refractivity contribution is 0.166. The van der Waals surface area contributed by atoms with Gasteiger partial charge in [-0.25, -0.2) is 14.8 Å². The number of hydrogen-bond donors (Lipinski definition) is 1. The summed E-state index contributed by atoms with van der Waals surface area (Å²) in [5.41, 5.74) is 1.77. The Kier molecular flexibility index (Phi) is 5.74. The van der Waals surface area contributed by atoms with Crippen molar-refractivity contribution in [2.24, 2.45) is 5.92 Å². The number of amides is 2. The van der Waals surface area contributed by atoms with Gasteiger partial charge in [0, 0.05) is 30.7 Å². The average molecular weight is 380 g/mol. The number of aryl methyl sites for hydroxylation is 1. The van der Waals surface area contributed by atoms with Gasteiger partial charge in [-0.1, -0.05) is 19.3 Å². The van der Waals surface area contributed by atoms with Crippen LogP contribution in [-0.2, 0) is 0 Å². The summed E-state index contributed by atoms with van der Waals surface area (Å²) in [6.45, 7) is 2.83. The second kappa shape index (κ2) is 8.59. The van der Waals surface area contributed by atoms with Crippen LogP contribution in [0.4, 0.5) is 10.5 Å². The summed E-state index contributed by atoms with van der Waals surface area (Å²) in [5.74, 6) is 1.33. The van der Waals surface area contributed by atoms with Gasteiger partial charge in [0.1, 0.15) is 5.75 Å². The summed E-state index contributed by atoms with van der Waals surface area (Å²) < 4.78 is 5.67. The lowest BCUT2D eigenvalue weighted by Gasteiger charge is -2.34. The number of nitrogens with one attached hydrogen (secondary N) is 1. The average Bonchev–Trinajstić information content (AvgIpc) is 3.21. The van der Waals surface area contributed by atoms with Crippen molar-refractivity contribution in [1.29, 1.82) is 0 Å². The Labute approximate surface area is 166 Å². The van der Waals surface area contributed by atoms with Crippen LogP contribution in [0.5, 0.6) is 11.8 Å². The van der Waals surface area contributed by atoms with Crippen molar-refractivity contribution in [2.75, 3.05) is 11.9 Å². The zero-order valence-corrected chi connectivity index (χ0v) is 16.4. The van der Waals surface area contributed by atoms with E-state index < -0.39 is 0 Å². The molecule has 1 saturated carbocycles. The van der Waals surface area contributed by atoms with E-state index in [0.717, 1.165) is 30.6 Å². The molecule has 1 atom stereocenters. The van der Waals surface area contributed by atoms with E-state index in [9.17, 15) is 4.79 Å². The number of hydrogen-bond acceptors (Lipinski definition) is 4. The third kappa shape index (κ3) is 4.26. The molecule has 1 aliphatic heterocycles. The van der Waals surface area contributed by atoms with Crippen molar-refractivity contribution in [3.05, 3.63) is 42.2 Å². The molecular formula is C22H28N4O2. The second-order valence-electron chi connectivity index (χ2n) is 7.84. The maximum atomic E-state index is 13.0. The van der Waals surface area contributed by atoms with Crippen molar-refractivity contribution in [2.45, 2.75) is 57.9 Å².